The zero-order valence-corrected chi connectivity index (χ0v) is 20.8. The van der Waals surface area contributed by atoms with E-state index in [4.69, 9.17) is 0 Å². The quantitative estimate of drug-likeness (QED) is 0.525. The van der Waals surface area contributed by atoms with Crippen molar-refractivity contribution in [1.29, 1.82) is 0 Å². The average molecular weight is 446 g/mol. The van der Waals surface area contributed by atoms with E-state index in [0.717, 1.165) is 11.8 Å². The Morgan fingerprint density at radius 1 is 0.806 bits per heavy atom. The molecular weight excluding hydrogens is 402 g/mol. The second-order valence-corrected chi connectivity index (χ2v) is 11.5. The van der Waals surface area contributed by atoms with Gasteiger partial charge in [-0.05, 0) is 92.4 Å². The number of halogens is 1. The first-order valence-electron chi connectivity index (χ1n) is 12.9. The summed E-state index contributed by atoms with van der Waals surface area (Å²) < 4.78 is 0. The van der Waals surface area contributed by atoms with E-state index in [1.165, 1.54) is 109 Å². The molecule has 0 atom stereocenters. The monoisotopic (exact) mass is 445 g/mol. The molecule has 2 aliphatic carbocycles. The Bertz CT molecular complexity index is 705. The fourth-order valence-electron chi connectivity index (χ4n) is 6.25. The summed E-state index contributed by atoms with van der Waals surface area (Å²) in [6, 6.07) is 7.52. The Morgan fingerprint density at radius 3 is 2.10 bits per heavy atom. The van der Waals surface area contributed by atoms with Crippen molar-refractivity contribution < 1.29 is 0 Å². The van der Waals surface area contributed by atoms with Crippen molar-refractivity contribution >= 4 is 23.8 Å². The summed E-state index contributed by atoms with van der Waals surface area (Å²) in [5.41, 5.74) is 5.25. The summed E-state index contributed by atoms with van der Waals surface area (Å²) in [5.74, 6) is 1.75. The molecule has 1 aromatic rings. The van der Waals surface area contributed by atoms with Crippen LogP contribution in [0.4, 0.5) is 11.4 Å². The molecular formula is C27H44ClN3. The van der Waals surface area contributed by atoms with Crippen LogP contribution in [0, 0.1) is 11.3 Å². The number of hydrogen-bond donors (Lipinski definition) is 0. The summed E-state index contributed by atoms with van der Waals surface area (Å²) in [5, 5.41) is 0. The zero-order chi connectivity index (χ0) is 20.6. The first-order chi connectivity index (χ1) is 14.6. The van der Waals surface area contributed by atoms with Gasteiger partial charge in [-0.2, -0.15) is 0 Å². The second-order valence-electron chi connectivity index (χ2n) is 11.5. The minimum absolute atomic E-state index is 0. The molecule has 2 aliphatic heterocycles. The summed E-state index contributed by atoms with van der Waals surface area (Å²) in [7, 11) is 0. The van der Waals surface area contributed by atoms with Crippen molar-refractivity contribution in [1.82, 2.24) is 4.90 Å². The van der Waals surface area contributed by atoms with Crippen LogP contribution in [-0.4, -0.2) is 50.7 Å². The van der Waals surface area contributed by atoms with E-state index in [1.807, 2.05) is 0 Å². The largest absolute Gasteiger partial charge is 0.372 e. The molecule has 2 saturated heterocycles. The van der Waals surface area contributed by atoms with Gasteiger partial charge in [0, 0.05) is 57.2 Å². The predicted molar refractivity (Wildman–Crippen MR) is 136 cm³/mol. The van der Waals surface area contributed by atoms with E-state index in [0.29, 0.717) is 5.41 Å². The van der Waals surface area contributed by atoms with Crippen molar-refractivity contribution in [2.75, 3.05) is 55.6 Å². The fourth-order valence-corrected chi connectivity index (χ4v) is 6.25. The molecule has 4 aliphatic rings. The minimum Gasteiger partial charge on any atom is -0.372 e. The highest BCUT2D eigenvalue weighted by molar-refractivity contribution is 5.85. The molecule has 0 aromatic heterocycles. The van der Waals surface area contributed by atoms with E-state index < -0.39 is 0 Å². The molecule has 2 saturated carbocycles. The standard InChI is InChI=1S/C27H43N3.ClH/c1-27(2)12-10-23(11-13-27)25-20-24(29-14-3-4-15-29)8-9-26(25)30-18-16-28(17-19-30)21-22-6-5-7-22;/h8-9,20,22-23H,3-7,10-19,21H2,1-2H3;1H. The van der Waals surface area contributed by atoms with Gasteiger partial charge >= 0.3 is 0 Å². The van der Waals surface area contributed by atoms with Gasteiger partial charge in [-0.1, -0.05) is 20.3 Å². The Morgan fingerprint density at radius 2 is 1.48 bits per heavy atom. The van der Waals surface area contributed by atoms with Crippen LogP contribution >= 0.6 is 12.4 Å². The number of benzene rings is 1. The van der Waals surface area contributed by atoms with Crippen LogP contribution in [0.5, 0.6) is 0 Å². The summed E-state index contributed by atoms with van der Waals surface area (Å²) >= 11 is 0. The Balaban J connectivity index is 0.00000231. The van der Waals surface area contributed by atoms with E-state index in [9.17, 15) is 0 Å². The van der Waals surface area contributed by atoms with Gasteiger partial charge in [0.05, 0.1) is 0 Å². The second kappa shape index (κ2) is 9.91. The third kappa shape index (κ3) is 5.36. The molecule has 0 bridgehead atoms. The molecule has 31 heavy (non-hydrogen) atoms. The third-order valence-corrected chi connectivity index (χ3v) is 8.72. The highest BCUT2D eigenvalue weighted by Crippen LogP contribution is 2.46. The molecule has 2 heterocycles. The molecule has 3 nitrogen and oxygen atoms in total. The first-order valence-corrected chi connectivity index (χ1v) is 12.9. The average Bonchev–Trinajstić information content (AvgIpc) is 3.26. The van der Waals surface area contributed by atoms with Crippen molar-refractivity contribution in [3.8, 4) is 0 Å². The lowest BCUT2D eigenvalue weighted by molar-refractivity contribution is 0.170. The van der Waals surface area contributed by atoms with Gasteiger partial charge in [-0.15, -0.1) is 12.4 Å². The lowest BCUT2D eigenvalue weighted by Gasteiger charge is -2.41. The smallest absolute Gasteiger partial charge is 0.0404 e. The Labute approximate surface area is 197 Å². The lowest BCUT2D eigenvalue weighted by atomic mass is 9.71. The SMILES string of the molecule is CC1(C)CCC(c2cc(N3CCCC3)ccc2N2CCN(CC3CCC3)CC2)CC1.Cl. The molecule has 1 aromatic carbocycles. The van der Waals surface area contributed by atoms with E-state index in [-0.39, 0.29) is 12.4 Å². The normalized spacial score (nSPS) is 25.4. The van der Waals surface area contributed by atoms with Crippen molar-refractivity contribution in [2.45, 2.75) is 77.6 Å². The third-order valence-electron chi connectivity index (χ3n) is 8.72. The van der Waals surface area contributed by atoms with Gasteiger partial charge in [0.15, 0.2) is 0 Å². The summed E-state index contributed by atoms with van der Waals surface area (Å²) in [6.45, 7) is 13.7. The van der Waals surface area contributed by atoms with Crippen LogP contribution in [0.3, 0.4) is 0 Å². The van der Waals surface area contributed by atoms with Gasteiger partial charge in [0.1, 0.15) is 0 Å². The van der Waals surface area contributed by atoms with E-state index in [2.05, 4.69) is 46.7 Å². The van der Waals surface area contributed by atoms with E-state index in [1.54, 1.807) is 11.3 Å². The fraction of sp³-hybridized carbons (Fsp3) is 0.778. The van der Waals surface area contributed by atoms with Crippen LogP contribution < -0.4 is 9.80 Å². The van der Waals surface area contributed by atoms with Crippen LogP contribution in [-0.2, 0) is 0 Å². The Hall–Kier alpha value is -0.930. The molecule has 0 spiro atoms. The zero-order valence-electron chi connectivity index (χ0n) is 20.0. The van der Waals surface area contributed by atoms with E-state index >= 15 is 0 Å². The maximum atomic E-state index is 2.74. The maximum absolute atomic E-state index is 2.74. The molecule has 0 unspecified atom stereocenters. The van der Waals surface area contributed by atoms with Gasteiger partial charge in [-0.25, -0.2) is 0 Å². The highest BCUT2D eigenvalue weighted by Gasteiger charge is 2.31. The molecule has 174 valence electrons. The molecule has 0 radical (unpaired) electrons. The molecule has 4 heteroatoms. The topological polar surface area (TPSA) is 9.72 Å². The van der Waals surface area contributed by atoms with Gasteiger partial charge in [0.2, 0.25) is 0 Å². The van der Waals surface area contributed by atoms with Gasteiger partial charge in [0.25, 0.3) is 0 Å². The summed E-state index contributed by atoms with van der Waals surface area (Å²) in [6.07, 6.45) is 12.6. The maximum Gasteiger partial charge on any atom is 0.0404 e. The van der Waals surface area contributed by atoms with Crippen LogP contribution in [0.2, 0.25) is 0 Å². The number of anilines is 2. The first kappa shape index (κ1) is 23.2. The van der Waals surface area contributed by atoms with Crippen molar-refractivity contribution in [3.05, 3.63) is 23.8 Å². The minimum atomic E-state index is 0. The molecule has 0 N–H and O–H groups in total. The molecule has 0 amide bonds. The van der Waals surface area contributed by atoms with Gasteiger partial charge < -0.3 is 9.80 Å². The van der Waals surface area contributed by atoms with Crippen LogP contribution in [0.15, 0.2) is 18.2 Å². The number of nitrogens with zero attached hydrogens (tertiary/aromatic N) is 3. The lowest BCUT2D eigenvalue weighted by Crippen LogP contribution is -2.48. The van der Waals surface area contributed by atoms with Crippen LogP contribution in [0.1, 0.15) is 83.1 Å². The number of rotatable bonds is 5. The highest BCUT2D eigenvalue weighted by atomic mass is 35.5. The van der Waals surface area contributed by atoms with Crippen molar-refractivity contribution in [2.24, 2.45) is 11.3 Å². The Kier molecular flexibility index (Phi) is 7.43. The predicted octanol–water partition coefficient (Wildman–Crippen LogP) is 6.31. The van der Waals surface area contributed by atoms with Gasteiger partial charge in [-0.3, -0.25) is 4.90 Å². The van der Waals surface area contributed by atoms with Crippen molar-refractivity contribution in [3.63, 3.8) is 0 Å². The number of piperazine rings is 1. The van der Waals surface area contributed by atoms with Crippen LogP contribution in [0.25, 0.3) is 0 Å². The summed E-state index contributed by atoms with van der Waals surface area (Å²) in [4.78, 5) is 8.08. The molecule has 4 fully saturated rings. The molecule has 5 rings (SSSR count). The number of hydrogen-bond acceptors (Lipinski definition) is 3.